The minimum Gasteiger partial charge on any atom is -0.444 e. The molecule has 0 aliphatic carbocycles. The van der Waals surface area contributed by atoms with Gasteiger partial charge < -0.3 is 29.9 Å². The summed E-state index contributed by atoms with van der Waals surface area (Å²) >= 11 is 0. The van der Waals surface area contributed by atoms with E-state index in [9.17, 15) is 9.59 Å². The Kier molecular flexibility index (Phi) is 6.80. The summed E-state index contributed by atoms with van der Waals surface area (Å²) in [5.74, 6) is 0. The van der Waals surface area contributed by atoms with Gasteiger partial charge in [0.2, 0.25) is 0 Å². The number of carbonyl (C=O) groups is 2. The highest BCUT2D eigenvalue weighted by molar-refractivity contribution is 5.69. The number of hydrogen-bond donors (Lipinski definition) is 2. The molecule has 2 amide bonds. The second-order valence-corrected chi connectivity index (χ2v) is 12.5. The van der Waals surface area contributed by atoms with Gasteiger partial charge in [-0.1, -0.05) is 13.8 Å². The van der Waals surface area contributed by atoms with Gasteiger partial charge in [0.25, 0.3) is 0 Å². The van der Waals surface area contributed by atoms with Crippen LogP contribution in [0.5, 0.6) is 0 Å². The third-order valence-electron chi connectivity index (χ3n) is 7.20. The average Bonchev–Trinajstić information content (AvgIpc) is 2.61. The Bertz CT molecular complexity index is 656. The zero-order valence-electron chi connectivity index (χ0n) is 21.3. The van der Waals surface area contributed by atoms with Gasteiger partial charge >= 0.3 is 12.2 Å². The molecule has 184 valence electrons. The first-order valence-corrected chi connectivity index (χ1v) is 12.0. The van der Waals surface area contributed by atoms with Gasteiger partial charge in [0.15, 0.2) is 0 Å². The molecule has 4 heterocycles. The Morgan fingerprint density at radius 2 is 1.09 bits per heavy atom. The largest absolute Gasteiger partial charge is 0.444 e. The van der Waals surface area contributed by atoms with Gasteiger partial charge in [-0.3, -0.25) is 0 Å². The number of piperidine rings is 2. The zero-order valence-corrected chi connectivity index (χ0v) is 21.3. The monoisotopic (exact) mass is 452 g/mol. The summed E-state index contributed by atoms with van der Waals surface area (Å²) in [6.07, 6.45) is 1.79. The quantitative estimate of drug-likeness (QED) is 0.587. The van der Waals surface area contributed by atoms with Gasteiger partial charge in [0, 0.05) is 51.4 Å². The molecule has 0 unspecified atom stereocenters. The van der Waals surface area contributed by atoms with E-state index in [2.05, 4.69) is 24.5 Å². The van der Waals surface area contributed by atoms with Crippen LogP contribution in [0, 0.1) is 10.8 Å². The van der Waals surface area contributed by atoms with Crippen LogP contribution in [0.15, 0.2) is 0 Å². The van der Waals surface area contributed by atoms with Gasteiger partial charge in [-0.15, -0.1) is 0 Å². The molecule has 0 bridgehead atoms. The van der Waals surface area contributed by atoms with E-state index in [-0.39, 0.29) is 12.2 Å². The lowest BCUT2D eigenvalue weighted by Gasteiger charge is -2.54. The van der Waals surface area contributed by atoms with Crippen LogP contribution in [0.3, 0.4) is 0 Å². The molecule has 0 aromatic heterocycles. The molecule has 4 saturated heterocycles. The van der Waals surface area contributed by atoms with E-state index in [0.29, 0.717) is 22.9 Å². The predicted octanol–water partition coefficient (Wildman–Crippen LogP) is 3.21. The minimum absolute atomic E-state index is 0.178. The molecule has 4 aliphatic rings. The van der Waals surface area contributed by atoms with Gasteiger partial charge in [0.1, 0.15) is 11.2 Å². The molecule has 4 aliphatic heterocycles. The highest BCUT2D eigenvalue weighted by Crippen LogP contribution is 2.38. The first kappa shape index (κ1) is 25.1. The molecule has 0 radical (unpaired) electrons. The Balaban J connectivity index is 0.000000181. The van der Waals surface area contributed by atoms with Crippen molar-refractivity contribution in [3.8, 4) is 0 Å². The van der Waals surface area contributed by atoms with Crippen LogP contribution in [0.4, 0.5) is 9.59 Å². The Labute approximate surface area is 193 Å². The molecule has 4 rings (SSSR count). The molecule has 0 aromatic carbocycles. The number of amides is 2. The fourth-order valence-electron chi connectivity index (χ4n) is 4.67. The molecule has 0 saturated carbocycles. The number of ether oxygens (including phenoxy) is 2. The maximum absolute atomic E-state index is 11.9. The molecule has 8 heteroatoms. The Morgan fingerprint density at radius 3 is 1.31 bits per heavy atom. The SMILES string of the molecule is CC(C)(C)OC(=O)N1CC[C@@]2(C)CN[C@H]2C1.CC(C)(C)OC(=O)N1CC[C@]2(C)CN[C@@H]2C1. The third kappa shape index (κ3) is 5.87. The maximum Gasteiger partial charge on any atom is 0.410 e. The van der Waals surface area contributed by atoms with Gasteiger partial charge in [0.05, 0.1) is 0 Å². The smallest absolute Gasteiger partial charge is 0.410 e. The van der Waals surface area contributed by atoms with Crippen LogP contribution in [0.1, 0.15) is 68.2 Å². The van der Waals surface area contributed by atoms with E-state index in [1.54, 1.807) is 0 Å². The molecule has 2 N–H and O–H groups in total. The van der Waals surface area contributed by atoms with E-state index in [0.717, 1.165) is 52.1 Å². The predicted molar refractivity (Wildman–Crippen MR) is 125 cm³/mol. The van der Waals surface area contributed by atoms with E-state index in [4.69, 9.17) is 9.47 Å². The summed E-state index contributed by atoms with van der Waals surface area (Å²) < 4.78 is 10.8. The van der Waals surface area contributed by atoms with Crippen molar-refractivity contribution in [2.45, 2.75) is 91.5 Å². The van der Waals surface area contributed by atoms with Crippen molar-refractivity contribution in [1.29, 1.82) is 0 Å². The normalized spacial score (nSPS) is 34.0. The Hall–Kier alpha value is -1.54. The fourth-order valence-corrected chi connectivity index (χ4v) is 4.67. The molecule has 0 aromatic rings. The van der Waals surface area contributed by atoms with Crippen LogP contribution >= 0.6 is 0 Å². The number of hydrogen-bond acceptors (Lipinski definition) is 6. The van der Waals surface area contributed by atoms with Crippen molar-refractivity contribution in [3.63, 3.8) is 0 Å². The molecule has 32 heavy (non-hydrogen) atoms. The fraction of sp³-hybridized carbons (Fsp3) is 0.917. The molecule has 4 atom stereocenters. The molecular formula is C24H44N4O4. The lowest BCUT2D eigenvalue weighted by molar-refractivity contribution is -0.0204. The van der Waals surface area contributed by atoms with E-state index < -0.39 is 11.2 Å². The summed E-state index contributed by atoms with van der Waals surface area (Å²) in [7, 11) is 0. The molecule has 4 fully saturated rings. The highest BCUT2D eigenvalue weighted by Gasteiger charge is 2.48. The number of nitrogens with zero attached hydrogens (tertiary/aromatic N) is 2. The van der Waals surface area contributed by atoms with Gasteiger partial charge in [-0.05, 0) is 65.2 Å². The molecular weight excluding hydrogens is 408 g/mol. The van der Waals surface area contributed by atoms with Crippen LogP contribution in [-0.2, 0) is 9.47 Å². The van der Waals surface area contributed by atoms with Crippen molar-refractivity contribution in [2.24, 2.45) is 10.8 Å². The second kappa shape index (κ2) is 8.67. The van der Waals surface area contributed by atoms with Gasteiger partial charge in [-0.2, -0.15) is 0 Å². The van der Waals surface area contributed by atoms with E-state index >= 15 is 0 Å². The number of nitrogens with one attached hydrogen (secondary N) is 2. The van der Waals surface area contributed by atoms with Crippen molar-refractivity contribution in [1.82, 2.24) is 20.4 Å². The summed E-state index contributed by atoms with van der Waals surface area (Å²) in [5, 5.41) is 6.77. The molecule has 8 nitrogen and oxygen atoms in total. The zero-order chi connectivity index (χ0) is 23.9. The summed E-state index contributed by atoms with van der Waals surface area (Å²) in [6.45, 7) is 21.4. The molecule has 0 spiro atoms. The number of rotatable bonds is 0. The summed E-state index contributed by atoms with van der Waals surface area (Å²) in [4.78, 5) is 27.4. The second-order valence-electron chi connectivity index (χ2n) is 12.5. The lowest BCUT2D eigenvalue weighted by atomic mass is 9.70. The number of likely N-dealkylation sites (tertiary alicyclic amines) is 2. The topological polar surface area (TPSA) is 83.1 Å². The summed E-state index contributed by atoms with van der Waals surface area (Å²) in [5.41, 5.74) is 0.00672. The van der Waals surface area contributed by atoms with Crippen molar-refractivity contribution >= 4 is 12.2 Å². The van der Waals surface area contributed by atoms with E-state index in [1.165, 1.54) is 0 Å². The van der Waals surface area contributed by atoms with E-state index in [1.807, 2.05) is 51.3 Å². The highest BCUT2D eigenvalue weighted by atomic mass is 16.6. The summed E-state index contributed by atoms with van der Waals surface area (Å²) in [6, 6.07) is 0.905. The first-order valence-electron chi connectivity index (χ1n) is 12.0. The van der Waals surface area contributed by atoms with Crippen LogP contribution < -0.4 is 10.6 Å². The van der Waals surface area contributed by atoms with Crippen LogP contribution in [0.2, 0.25) is 0 Å². The average molecular weight is 453 g/mol. The van der Waals surface area contributed by atoms with Crippen molar-refractivity contribution < 1.29 is 19.1 Å². The first-order chi connectivity index (χ1) is 14.6. The third-order valence-corrected chi connectivity index (χ3v) is 7.20. The standard InChI is InChI=1S/2C12H22N2O2/c2*1-11(2,3)16-10(15)14-6-5-12(4)8-13-9(12)7-14/h2*9,13H,5-8H2,1-4H3/t2*9-,12-/m10/s1. The lowest BCUT2D eigenvalue weighted by Crippen LogP contribution is -2.69. The van der Waals surface area contributed by atoms with Crippen LogP contribution in [-0.4, -0.2) is 84.5 Å². The maximum atomic E-state index is 11.9. The number of fused-ring (bicyclic) bond motifs is 2. The van der Waals surface area contributed by atoms with Crippen molar-refractivity contribution in [3.05, 3.63) is 0 Å². The number of carbonyl (C=O) groups excluding carboxylic acids is 2. The minimum atomic E-state index is -0.398. The Morgan fingerprint density at radius 1 is 0.750 bits per heavy atom. The van der Waals surface area contributed by atoms with Gasteiger partial charge in [-0.25, -0.2) is 9.59 Å². The van der Waals surface area contributed by atoms with Crippen LogP contribution in [0.25, 0.3) is 0 Å². The van der Waals surface area contributed by atoms with Crippen molar-refractivity contribution in [2.75, 3.05) is 39.3 Å².